The van der Waals surface area contributed by atoms with E-state index in [4.69, 9.17) is 5.10 Å². The summed E-state index contributed by atoms with van der Waals surface area (Å²) in [5, 5.41) is 4.97. The molecule has 10 heteroatoms. The minimum absolute atomic E-state index is 0.217. The van der Waals surface area contributed by atoms with Crippen LogP contribution in [0.2, 0.25) is 0 Å². The number of nitrogens with one attached hydrogen (secondary N) is 1. The van der Waals surface area contributed by atoms with E-state index in [1.54, 1.807) is 13.1 Å². The molecule has 0 radical (unpaired) electrons. The van der Waals surface area contributed by atoms with E-state index >= 15 is 4.39 Å². The quantitative estimate of drug-likeness (QED) is 0.332. The van der Waals surface area contributed by atoms with Crippen molar-refractivity contribution >= 4 is 17.1 Å². The Morgan fingerprint density at radius 2 is 1.86 bits per heavy atom. The Labute approximate surface area is 209 Å². The summed E-state index contributed by atoms with van der Waals surface area (Å²) in [6.07, 6.45) is 1.47. The lowest BCUT2D eigenvalue weighted by atomic mass is 9.92. The first-order chi connectivity index (χ1) is 17.8. The molecular formula is C27H20F4N6. The Morgan fingerprint density at radius 3 is 2.65 bits per heavy atom. The summed E-state index contributed by atoms with van der Waals surface area (Å²) in [5.41, 5.74) is 6.48. The lowest BCUT2D eigenvalue weighted by molar-refractivity contribution is -0.138. The normalized spacial score (nSPS) is 18.4. The standard InChI is InChI=1S/C27H20F4N6/c1-14-23(28)18-10-19(17-6-8-32-24(14)17)25-20-13-36(26-33-11-15(12-34-26)27(29,30)31)9-7-21(20)35-37(25)22-5-3-2-4-16(18)22/h2-6,8,10-12,18,32H,7,9,13H2,1H3. The maximum absolute atomic E-state index is 15.9. The number of anilines is 1. The number of hydrogen-bond donors (Lipinski definition) is 1. The number of halogens is 4. The Kier molecular flexibility index (Phi) is 4.55. The lowest BCUT2D eigenvalue weighted by Crippen LogP contribution is -2.32. The highest BCUT2D eigenvalue weighted by molar-refractivity contribution is 5.91. The topological polar surface area (TPSA) is 62.6 Å². The molecule has 2 aliphatic heterocycles. The number of nitrogens with zero attached hydrogens (tertiary/aromatic N) is 5. The first-order valence-corrected chi connectivity index (χ1v) is 11.9. The molecule has 186 valence electrons. The van der Waals surface area contributed by atoms with Crippen molar-refractivity contribution in [3.05, 3.63) is 100 Å². The Bertz CT molecular complexity index is 1620. The molecule has 0 spiro atoms. The fourth-order valence-corrected chi connectivity index (χ4v) is 5.59. The number of benzene rings is 1. The molecule has 1 unspecified atom stereocenters. The molecule has 7 rings (SSSR count). The monoisotopic (exact) mass is 504 g/mol. The van der Waals surface area contributed by atoms with Crippen molar-refractivity contribution < 1.29 is 17.6 Å². The van der Waals surface area contributed by atoms with Gasteiger partial charge in [-0.05, 0) is 24.6 Å². The van der Waals surface area contributed by atoms with Gasteiger partial charge < -0.3 is 9.88 Å². The van der Waals surface area contributed by atoms with Gasteiger partial charge >= 0.3 is 6.18 Å². The molecule has 5 heterocycles. The molecule has 6 nitrogen and oxygen atoms in total. The first-order valence-electron chi connectivity index (χ1n) is 11.9. The summed E-state index contributed by atoms with van der Waals surface area (Å²) in [6.45, 7) is 2.67. The highest BCUT2D eigenvalue weighted by atomic mass is 19.4. The maximum Gasteiger partial charge on any atom is 0.419 e. The smallest absolute Gasteiger partial charge is 0.361 e. The fourth-order valence-electron chi connectivity index (χ4n) is 5.59. The molecule has 1 aliphatic carbocycles. The van der Waals surface area contributed by atoms with Crippen molar-refractivity contribution in [2.24, 2.45) is 0 Å². The fraction of sp³-hybridized carbons (Fsp3) is 0.222. The van der Waals surface area contributed by atoms with Crippen LogP contribution in [0.4, 0.5) is 23.5 Å². The van der Waals surface area contributed by atoms with Gasteiger partial charge in [0.25, 0.3) is 0 Å². The molecule has 1 aromatic carbocycles. The first kappa shape index (κ1) is 22.0. The second kappa shape index (κ2) is 7.64. The second-order valence-corrected chi connectivity index (χ2v) is 9.48. The van der Waals surface area contributed by atoms with Gasteiger partial charge in [-0.25, -0.2) is 19.0 Å². The van der Waals surface area contributed by atoms with Crippen LogP contribution in [0, 0.1) is 0 Å². The Hall–Kier alpha value is -4.21. The summed E-state index contributed by atoms with van der Waals surface area (Å²) < 4.78 is 56.8. The summed E-state index contributed by atoms with van der Waals surface area (Å²) in [7, 11) is 0. The number of aromatic amines is 1. The number of hydrogen-bond acceptors (Lipinski definition) is 4. The number of allylic oxidation sites excluding steroid dienone is 3. The molecule has 37 heavy (non-hydrogen) atoms. The van der Waals surface area contributed by atoms with Crippen molar-refractivity contribution in [2.75, 3.05) is 11.4 Å². The van der Waals surface area contributed by atoms with Gasteiger partial charge in [0.05, 0.1) is 34.3 Å². The maximum atomic E-state index is 15.9. The van der Waals surface area contributed by atoms with Gasteiger partial charge in [0, 0.05) is 60.4 Å². The van der Waals surface area contributed by atoms with E-state index in [0.29, 0.717) is 25.1 Å². The lowest BCUT2D eigenvalue weighted by Gasteiger charge is -2.27. The summed E-state index contributed by atoms with van der Waals surface area (Å²) in [4.78, 5) is 13.1. The van der Waals surface area contributed by atoms with Gasteiger partial charge in [-0.2, -0.15) is 18.3 Å². The van der Waals surface area contributed by atoms with Crippen molar-refractivity contribution in [3.8, 4) is 5.69 Å². The molecule has 3 aromatic heterocycles. The van der Waals surface area contributed by atoms with Gasteiger partial charge in [-0.15, -0.1) is 0 Å². The predicted molar refractivity (Wildman–Crippen MR) is 130 cm³/mol. The van der Waals surface area contributed by atoms with Crippen LogP contribution in [-0.4, -0.2) is 31.3 Å². The number of alkyl halides is 3. The van der Waals surface area contributed by atoms with Gasteiger partial charge in [0.15, 0.2) is 0 Å². The molecule has 0 amide bonds. The van der Waals surface area contributed by atoms with Crippen LogP contribution >= 0.6 is 0 Å². The van der Waals surface area contributed by atoms with E-state index in [2.05, 4.69) is 15.0 Å². The predicted octanol–water partition coefficient (Wildman–Crippen LogP) is 5.81. The van der Waals surface area contributed by atoms with Crippen LogP contribution < -0.4 is 4.90 Å². The zero-order chi connectivity index (χ0) is 25.5. The zero-order valence-electron chi connectivity index (χ0n) is 19.6. The van der Waals surface area contributed by atoms with Crippen LogP contribution in [-0.2, 0) is 19.1 Å². The summed E-state index contributed by atoms with van der Waals surface area (Å²) in [6, 6.07) is 9.63. The third-order valence-electron chi connectivity index (χ3n) is 7.41. The number of H-pyrrole nitrogens is 1. The van der Waals surface area contributed by atoms with E-state index < -0.39 is 17.7 Å². The molecule has 4 aromatic rings. The minimum Gasteiger partial charge on any atom is -0.361 e. The van der Waals surface area contributed by atoms with Gasteiger partial charge in [0.2, 0.25) is 5.95 Å². The Morgan fingerprint density at radius 1 is 1.08 bits per heavy atom. The molecule has 0 fully saturated rings. The third-order valence-corrected chi connectivity index (χ3v) is 7.41. The summed E-state index contributed by atoms with van der Waals surface area (Å²) in [5.74, 6) is -0.556. The summed E-state index contributed by atoms with van der Waals surface area (Å²) >= 11 is 0. The third kappa shape index (κ3) is 3.21. The van der Waals surface area contributed by atoms with Crippen LogP contribution in [0.25, 0.3) is 16.8 Å². The van der Waals surface area contributed by atoms with Gasteiger partial charge in [0.1, 0.15) is 5.83 Å². The highest BCUT2D eigenvalue weighted by Gasteiger charge is 2.37. The highest BCUT2D eigenvalue weighted by Crippen LogP contribution is 2.48. The van der Waals surface area contributed by atoms with E-state index in [9.17, 15) is 13.2 Å². The number of fused-ring (bicyclic) bond motifs is 10. The van der Waals surface area contributed by atoms with Crippen molar-refractivity contribution in [3.63, 3.8) is 0 Å². The van der Waals surface area contributed by atoms with Crippen LogP contribution in [0.1, 0.15) is 52.2 Å². The Balaban J connectivity index is 1.40. The van der Waals surface area contributed by atoms with Crippen molar-refractivity contribution in [1.29, 1.82) is 0 Å². The molecule has 1 N–H and O–H groups in total. The van der Waals surface area contributed by atoms with Crippen molar-refractivity contribution in [2.45, 2.75) is 32.0 Å². The van der Waals surface area contributed by atoms with E-state index in [1.165, 1.54) is 0 Å². The minimum atomic E-state index is -4.50. The molecule has 0 saturated heterocycles. The number of para-hydroxylation sites is 1. The van der Waals surface area contributed by atoms with Crippen LogP contribution in [0.3, 0.4) is 0 Å². The largest absolute Gasteiger partial charge is 0.419 e. The van der Waals surface area contributed by atoms with E-state index in [1.807, 2.05) is 46.0 Å². The van der Waals surface area contributed by atoms with E-state index in [0.717, 1.165) is 57.4 Å². The van der Waals surface area contributed by atoms with Crippen LogP contribution in [0.5, 0.6) is 0 Å². The second-order valence-electron chi connectivity index (χ2n) is 9.48. The molecule has 3 aliphatic rings. The average molecular weight is 504 g/mol. The van der Waals surface area contributed by atoms with Crippen LogP contribution in [0.15, 0.2) is 60.8 Å². The zero-order valence-corrected chi connectivity index (χ0v) is 19.6. The molecular weight excluding hydrogens is 484 g/mol. The number of aromatic nitrogens is 5. The molecule has 2 bridgehead atoms. The van der Waals surface area contributed by atoms with E-state index in [-0.39, 0.29) is 11.8 Å². The van der Waals surface area contributed by atoms with Crippen molar-refractivity contribution in [1.82, 2.24) is 24.7 Å². The molecule has 0 saturated carbocycles. The van der Waals surface area contributed by atoms with Gasteiger partial charge in [-0.3, -0.25) is 0 Å². The SMILES string of the molecule is CC1=C(F)C2C=C(c3cc[nH]c31)c1c3c(nn1-c1ccccc12)CCN(c1ncc(C(F)(F)F)cn1)C3. The van der Waals surface area contributed by atoms with Gasteiger partial charge in [-0.1, -0.05) is 24.3 Å². The average Bonchev–Trinajstić information content (AvgIpc) is 3.48. The number of rotatable bonds is 1. The molecule has 1 atom stereocenters.